The molecule has 3 rings (SSSR count). The van der Waals surface area contributed by atoms with E-state index in [0.717, 1.165) is 17.9 Å². The first-order chi connectivity index (χ1) is 11.5. The van der Waals surface area contributed by atoms with Crippen LogP contribution in [0.1, 0.15) is 6.42 Å². The van der Waals surface area contributed by atoms with Crippen LogP contribution in [0.3, 0.4) is 0 Å². The molecule has 0 aliphatic carbocycles. The highest BCUT2D eigenvalue weighted by atomic mass is 32.2. The molecule has 0 saturated heterocycles. The SMILES string of the molecule is CN1C(=O)C2C=C(C(=O)NCCCn3ccnc3)SC2=[N+](C)C1=O. The van der Waals surface area contributed by atoms with Gasteiger partial charge in [-0.2, -0.15) is 14.3 Å². The van der Waals surface area contributed by atoms with Crippen LogP contribution in [-0.4, -0.2) is 62.6 Å². The molecule has 0 spiro atoms. The summed E-state index contributed by atoms with van der Waals surface area (Å²) in [5.74, 6) is -1.07. The van der Waals surface area contributed by atoms with Gasteiger partial charge in [-0.25, -0.2) is 9.78 Å². The van der Waals surface area contributed by atoms with Crippen LogP contribution in [0.5, 0.6) is 0 Å². The highest BCUT2D eigenvalue weighted by molar-refractivity contribution is 8.18. The fraction of sp³-hybridized carbons (Fsp3) is 0.400. The van der Waals surface area contributed by atoms with Gasteiger partial charge in [-0.3, -0.25) is 4.79 Å². The van der Waals surface area contributed by atoms with Gasteiger partial charge in [0.2, 0.25) is 0 Å². The molecule has 3 heterocycles. The topological polar surface area (TPSA) is 87.3 Å². The molecule has 0 aromatic carbocycles. The summed E-state index contributed by atoms with van der Waals surface area (Å²) < 4.78 is 3.36. The molecular weight excluding hydrogens is 330 g/mol. The van der Waals surface area contributed by atoms with Crippen LogP contribution >= 0.6 is 11.8 Å². The number of nitrogens with one attached hydrogen (secondary N) is 1. The number of imidazole rings is 1. The molecule has 0 radical (unpaired) electrons. The van der Waals surface area contributed by atoms with Crippen molar-refractivity contribution in [2.45, 2.75) is 13.0 Å². The molecule has 1 aromatic rings. The largest absolute Gasteiger partial charge is 0.500 e. The summed E-state index contributed by atoms with van der Waals surface area (Å²) >= 11 is 1.18. The number of carbonyl (C=O) groups excluding carboxylic acids is 3. The fourth-order valence-electron chi connectivity index (χ4n) is 2.60. The van der Waals surface area contributed by atoms with Crippen LogP contribution in [0.4, 0.5) is 4.79 Å². The number of aryl methyl sites for hydroxylation is 1. The van der Waals surface area contributed by atoms with E-state index in [-0.39, 0.29) is 17.8 Å². The Hall–Kier alpha value is -2.42. The summed E-state index contributed by atoms with van der Waals surface area (Å²) in [6.07, 6.45) is 7.72. The van der Waals surface area contributed by atoms with Crippen molar-refractivity contribution in [3.05, 3.63) is 29.7 Å². The molecule has 9 heteroatoms. The van der Waals surface area contributed by atoms with Crippen LogP contribution in [0.25, 0.3) is 0 Å². The predicted octanol–water partition coefficient (Wildman–Crippen LogP) is 0.269. The average Bonchev–Trinajstić information content (AvgIpc) is 3.24. The van der Waals surface area contributed by atoms with Crippen LogP contribution < -0.4 is 5.32 Å². The summed E-state index contributed by atoms with van der Waals surface area (Å²) in [5, 5.41) is 3.43. The number of fused-ring (bicyclic) bond motifs is 1. The average molecular weight is 348 g/mol. The highest BCUT2D eigenvalue weighted by Crippen LogP contribution is 2.35. The summed E-state index contributed by atoms with van der Waals surface area (Å²) in [4.78, 5) is 41.9. The minimum Gasteiger partial charge on any atom is -0.352 e. The standard InChI is InChI=1S/C15H17N5O3S/c1-18-13(22)10-8-11(24-14(10)19(2)15(18)23)12(21)17-4-3-6-20-7-5-16-9-20/h5,7-10H,3-4,6H2,1-2H3/p+1. The second kappa shape index (κ2) is 6.60. The Balaban J connectivity index is 1.59. The van der Waals surface area contributed by atoms with Gasteiger partial charge in [0.05, 0.1) is 25.3 Å². The van der Waals surface area contributed by atoms with E-state index >= 15 is 0 Å². The molecule has 1 N–H and O–H groups in total. The molecule has 2 aliphatic heterocycles. The molecular formula is C15H18N5O3S+. The molecule has 24 heavy (non-hydrogen) atoms. The molecule has 0 bridgehead atoms. The normalized spacial score (nSPS) is 20.3. The Morgan fingerprint density at radius 1 is 1.46 bits per heavy atom. The summed E-state index contributed by atoms with van der Waals surface area (Å²) in [6, 6.07) is -0.380. The minimum absolute atomic E-state index is 0.219. The lowest BCUT2D eigenvalue weighted by Crippen LogP contribution is -2.49. The van der Waals surface area contributed by atoms with Gasteiger partial charge in [-0.1, -0.05) is 0 Å². The Morgan fingerprint density at radius 3 is 2.96 bits per heavy atom. The lowest BCUT2D eigenvalue weighted by atomic mass is 10.1. The van der Waals surface area contributed by atoms with E-state index in [2.05, 4.69) is 10.3 Å². The number of aromatic nitrogens is 2. The molecule has 8 nitrogen and oxygen atoms in total. The lowest BCUT2D eigenvalue weighted by molar-refractivity contribution is -0.403. The predicted molar refractivity (Wildman–Crippen MR) is 88.4 cm³/mol. The number of rotatable bonds is 5. The van der Waals surface area contributed by atoms with Crippen molar-refractivity contribution in [3.8, 4) is 0 Å². The van der Waals surface area contributed by atoms with Gasteiger partial charge in [-0.05, 0) is 24.3 Å². The van der Waals surface area contributed by atoms with Crippen LogP contribution in [-0.2, 0) is 16.1 Å². The number of hydrogen-bond donors (Lipinski definition) is 1. The zero-order valence-corrected chi connectivity index (χ0v) is 14.2. The molecule has 1 atom stereocenters. The first-order valence-corrected chi connectivity index (χ1v) is 8.36. The van der Waals surface area contributed by atoms with E-state index < -0.39 is 5.92 Å². The van der Waals surface area contributed by atoms with Crippen LogP contribution in [0.15, 0.2) is 29.7 Å². The van der Waals surface area contributed by atoms with Crippen molar-refractivity contribution in [3.63, 3.8) is 0 Å². The highest BCUT2D eigenvalue weighted by Gasteiger charge is 2.48. The van der Waals surface area contributed by atoms with Gasteiger partial charge in [0, 0.05) is 25.5 Å². The Kier molecular flexibility index (Phi) is 4.52. The van der Waals surface area contributed by atoms with Crippen molar-refractivity contribution in [1.29, 1.82) is 0 Å². The number of urea groups is 1. The van der Waals surface area contributed by atoms with Crippen LogP contribution in [0, 0.1) is 5.92 Å². The van der Waals surface area contributed by atoms with Crippen LogP contribution in [0.2, 0.25) is 0 Å². The van der Waals surface area contributed by atoms with Gasteiger partial charge in [-0.15, -0.1) is 0 Å². The molecule has 1 aromatic heterocycles. The Morgan fingerprint density at radius 2 is 2.25 bits per heavy atom. The number of thioether (sulfide) groups is 1. The lowest BCUT2D eigenvalue weighted by Gasteiger charge is -2.18. The van der Waals surface area contributed by atoms with Gasteiger partial charge in [0.25, 0.3) is 5.91 Å². The third-order valence-electron chi connectivity index (χ3n) is 3.96. The zero-order valence-electron chi connectivity index (χ0n) is 13.4. The maximum absolute atomic E-state index is 12.3. The molecule has 0 saturated carbocycles. The van der Waals surface area contributed by atoms with E-state index in [4.69, 9.17) is 0 Å². The van der Waals surface area contributed by atoms with E-state index in [0.29, 0.717) is 16.5 Å². The second-order valence-corrected chi connectivity index (χ2v) is 6.66. The minimum atomic E-state index is -0.547. The quantitative estimate of drug-likeness (QED) is 0.610. The van der Waals surface area contributed by atoms with Crippen molar-refractivity contribution in [2.24, 2.45) is 5.92 Å². The molecule has 4 amide bonds. The Bertz CT molecular complexity index is 753. The number of hydrogen-bond acceptors (Lipinski definition) is 5. The smallest absolute Gasteiger partial charge is 0.352 e. The van der Waals surface area contributed by atoms with Gasteiger partial charge < -0.3 is 9.88 Å². The third-order valence-corrected chi connectivity index (χ3v) is 5.24. The van der Waals surface area contributed by atoms with Crippen molar-refractivity contribution in [1.82, 2.24) is 19.8 Å². The number of nitrogens with zero attached hydrogens (tertiary/aromatic N) is 4. The zero-order chi connectivity index (χ0) is 17.3. The van der Waals surface area contributed by atoms with E-state index in [1.54, 1.807) is 25.6 Å². The molecule has 2 aliphatic rings. The fourth-order valence-corrected chi connectivity index (χ4v) is 3.71. The van der Waals surface area contributed by atoms with Gasteiger partial charge in [0.15, 0.2) is 5.04 Å². The van der Waals surface area contributed by atoms with Crippen molar-refractivity contribution >= 4 is 34.7 Å². The second-order valence-electron chi connectivity index (χ2n) is 5.60. The molecule has 1 unspecified atom stereocenters. The van der Waals surface area contributed by atoms with Gasteiger partial charge >= 0.3 is 11.9 Å². The first kappa shape index (κ1) is 16.4. The van der Waals surface area contributed by atoms with Crippen molar-refractivity contribution < 1.29 is 19.0 Å². The summed E-state index contributed by atoms with van der Waals surface area (Å²) in [7, 11) is 3.06. The van der Waals surface area contributed by atoms with E-state index in [1.807, 2.05) is 10.8 Å². The maximum atomic E-state index is 12.3. The molecule has 126 valence electrons. The Labute approximate surface area is 143 Å². The van der Waals surface area contributed by atoms with Crippen molar-refractivity contribution in [2.75, 3.05) is 20.6 Å². The number of imide groups is 1. The van der Waals surface area contributed by atoms with E-state index in [9.17, 15) is 14.4 Å². The molecule has 0 fully saturated rings. The summed E-state index contributed by atoms with van der Waals surface area (Å²) in [6.45, 7) is 1.30. The first-order valence-electron chi connectivity index (χ1n) is 7.54. The monoisotopic (exact) mass is 348 g/mol. The third kappa shape index (κ3) is 2.99. The number of carbonyl (C=O) groups is 3. The van der Waals surface area contributed by atoms with Gasteiger partial charge in [0.1, 0.15) is 5.92 Å². The summed E-state index contributed by atoms with van der Waals surface area (Å²) in [5.41, 5.74) is 0. The van der Waals surface area contributed by atoms with E-state index in [1.165, 1.54) is 23.4 Å². The maximum Gasteiger partial charge on any atom is 0.500 e. The number of amides is 4.